The zero-order valence-corrected chi connectivity index (χ0v) is 12.6. The van der Waals surface area contributed by atoms with Crippen LogP contribution in [0.25, 0.3) is 0 Å². The van der Waals surface area contributed by atoms with Crippen LogP contribution in [0.4, 0.5) is 5.69 Å². The topological polar surface area (TPSA) is 15.3 Å². The predicted octanol–water partition coefficient (Wildman–Crippen LogP) is 4.00. The summed E-state index contributed by atoms with van der Waals surface area (Å²) in [6.07, 6.45) is 5.58. The van der Waals surface area contributed by atoms with Crippen molar-refractivity contribution in [3.05, 3.63) is 30.3 Å². The molecule has 0 amide bonds. The largest absolute Gasteiger partial charge is 0.383 e. The fourth-order valence-electron chi connectivity index (χ4n) is 3.19. The van der Waals surface area contributed by atoms with Gasteiger partial charge in [-0.25, -0.2) is 0 Å². The van der Waals surface area contributed by atoms with Crippen LogP contribution >= 0.6 is 0 Å². The van der Waals surface area contributed by atoms with E-state index in [1.54, 1.807) is 0 Å². The molecule has 0 radical (unpaired) electrons. The van der Waals surface area contributed by atoms with Crippen LogP contribution < -0.4 is 5.32 Å². The number of benzene rings is 1. The molecular weight excluding hydrogens is 232 g/mol. The van der Waals surface area contributed by atoms with E-state index in [1.165, 1.54) is 31.4 Å². The van der Waals surface area contributed by atoms with E-state index < -0.39 is 0 Å². The van der Waals surface area contributed by atoms with E-state index in [4.69, 9.17) is 0 Å². The standard InChI is InChI=1S/C17H28N2/c1-14-9-7-8-12-17(14)19(3)15(2)13-18-16-10-5-4-6-11-16/h4-6,10-11,14-15,17-18H,7-9,12-13H2,1-3H3. The smallest absolute Gasteiger partial charge is 0.0340 e. The minimum Gasteiger partial charge on any atom is -0.383 e. The third-order valence-corrected chi connectivity index (χ3v) is 4.66. The second-order valence-electron chi connectivity index (χ2n) is 6.09. The van der Waals surface area contributed by atoms with Gasteiger partial charge in [0.2, 0.25) is 0 Å². The van der Waals surface area contributed by atoms with E-state index in [0.717, 1.165) is 18.5 Å². The van der Waals surface area contributed by atoms with Crippen molar-refractivity contribution < 1.29 is 0 Å². The summed E-state index contributed by atoms with van der Waals surface area (Å²) in [5, 5.41) is 3.54. The molecule has 2 rings (SSSR count). The van der Waals surface area contributed by atoms with E-state index >= 15 is 0 Å². The van der Waals surface area contributed by atoms with Gasteiger partial charge in [-0.2, -0.15) is 0 Å². The highest BCUT2D eigenvalue weighted by atomic mass is 15.2. The maximum atomic E-state index is 3.54. The van der Waals surface area contributed by atoms with Crippen molar-refractivity contribution in [2.24, 2.45) is 5.92 Å². The van der Waals surface area contributed by atoms with Crippen molar-refractivity contribution >= 4 is 5.69 Å². The van der Waals surface area contributed by atoms with Crippen LogP contribution in [-0.4, -0.2) is 30.6 Å². The Morgan fingerprint density at radius 3 is 2.58 bits per heavy atom. The van der Waals surface area contributed by atoms with E-state index in [2.05, 4.69) is 61.4 Å². The Balaban J connectivity index is 1.83. The van der Waals surface area contributed by atoms with E-state index in [1.807, 2.05) is 0 Å². The Hall–Kier alpha value is -1.02. The van der Waals surface area contributed by atoms with Gasteiger partial charge in [0.05, 0.1) is 0 Å². The van der Waals surface area contributed by atoms with Crippen LogP contribution in [-0.2, 0) is 0 Å². The first-order valence-electron chi connectivity index (χ1n) is 7.69. The summed E-state index contributed by atoms with van der Waals surface area (Å²) in [5.41, 5.74) is 1.22. The molecule has 0 aromatic heterocycles. The number of para-hydroxylation sites is 1. The number of hydrogen-bond donors (Lipinski definition) is 1. The lowest BCUT2D eigenvalue weighted by Gasteiger charge is -2.39. The maximum Gasteiger partial charge on any atom is 0.0340 e. The SMILES string of the molecule is CC1CCCCC1N(C)C(C)CNc1ccccc1. The molecule has 1 fully saturated rings. The van der Waals surface area contributed by atoms with Gasteiger partial charge in [-0.1, -0.05) is 38.0 Å². The third-order valence-electron chi connectivity index (χ3n) is 4.66. The summed E-state index contributed by atoms with van der Waals surface area (Å²) in [5.74, 6) is 0.845. The molecule has 106 valence electrons. The van der Waals surface area contributed by atoms with Crippen molar-refractivity contribution in [3.63, 3.8) is 0 Å². The molecule has 2 heteroatoms. The molecule has 0 bridgehead atoms. The molecule has 19 heavy (non-hydrogen) atoms. The lowest BCUT2D eigenvalue weighted by Crippen LogP contribution is -2.46. The molecule has 1 N–H and O–H groups in total. The fourth-order valence-corrected chi connectivity index (χ4v) is 3.19. The molecule has 0 heterocycles. The summed E-state index contributed by atoms with van der Waals surface area (Å²) in [4.78, 5) is 2.58. The summed E-state index contributed by atoms with van der Waals surface area (Å²) in [6, 6.07) is 11.8. The van der Waals surface area contributed by atoms with Crippen molar-refractivity contribution in [1.29, 1.82) is 0 Å². The van der Waals surface area contributed by atoms with Crippen LogP contribution in [0, 0.1) is 5.92 Å². The van der Waals surface area contributed by atoms with Crippen LogP contribution in [0.15, 0.2) is 30.3 Å². The van der Waals surface area contributed by atoms with Gasteiger partial charge in [-0.3, -0.25) is 4.90 Å². The second-order valence-corrected chi connectivity index (χ2v) is 6.09. The number of nitrogens with zero attached hydrogens (tertiary/aromatic N) is 1. The molecule has 1 aromatic rings. The first kappa shape index (κ1) is 14.4. The normalized spacial score (nSPS) is 25.3. The Kier molecular flexibility index (Phi) is 5.26. The summed E-state index contributed by atoms with van der Waals surface area (Å²) in [6.45, 7) is 5.76. The van der Waals surface area contributed by atoms with Crippen LogP contribution in [0.3, 0.4) is 0 Å². The monoisotopic (exact) mass is 260 g/mol. The van der Waals surface area contributed by atoms with E-state index in [-0.39, 0.29) is 0 Å². The molecule has 1 aliphatic rings. The summed E-state index contributed by atoms with van der Waals surface area (Å²) < 4.78 is 0. The van der Waals surface area contributed by atoms with Crippen molar-refractivity contribution in [1.82, 2.24) is 4.90 Å². The zero-order valence-electron chi connectivity index (χ0n) is 12.6. The molecule has 3 unspecified atom stereocenters. The molecule has 1 saturated carbocycles. The average Bonchev–Trinajstić information content (AvgIpc) is 2.45. The molecule has 0 saturated heterocycles. The Bertz CT molecular complexity index is 363. The van der Waals surface area contributed by atoms with Crippen molar-refractivity contribution in [2.45, 2.75) is 51.6 Å². The molecule has 2 nitrogen and oxygen atoms in total. The highest BCUT2D eigenvalue weighted by Gasteiger charge is 2.27. The van der Waals surface area contributed by atoms with Crippen LogP contribution in [0.5, 0.6) is 0 Å². The molecule has 3 atom stereocenters. The average molecular weight is 260 g/mol. The lowest BCUT2D eigenvalue weighted by molar-refractivity contribution is 0.108. The van der Waals surface area contributed by atoms with Gasteiger partial charge in [-0.15, -0.1) is 0 Å². The Morgan fingerprint density at radius 1 is 1.21 bits per heavy atom. The number of hydrogen-bond acceptors (Lipinski definition) is 2. The number of nitrogens with one attached hydrogen (secondary N) is 1. The van der Waals surface area contributed by atoms with Gasteiger partial charge >= 0.3 is 0 Å². The minimum absolute atomic E-state index is 0.575. The van der Waals surface area contributed by atoms with Crippen LogP contribution in [0.2, 0.25) is 0 Å². The molecule has 0 spiro atoms. The van der Waals surface area contributed by atoms with Gasteiger partial charge < -0.3 is 5.32 Å². The molecule has 1 aromatic carbocycles. The minimum atomic E-state index is 0.575. The van der Waals surface area contributed by atoms with Gasteiger partial charge in [0.1, 0.15) is 0 Å². The van der Waals surface area contributed by atoms with Gasteiger partial charge in [0.25, 0.3) is 0 Å². The first-order valence-corrected chi connectivity index (χ1v) is 7.69. The number of likely N-dealkylation sites (N-methyl/N-ethyl adjacent to an activating group) is 1. The van der Waals surface area contributed by atoms with Crippen molar-refractivity contribution in [3.8, 4) is 0 Å². The Morgan fingerprint density at radius 2 is 1.89 bits per heavy atom. The summed E-state index contributed by atoms with van der Waals surface area (Å²) >= 11 is 0. The highest BCUT2D eigenvalue weighted by Crippen LogP contribution is 2.28. The quantitative estimate of drug-likeness (QED) is 0.861. The zero-order chi connectivity index (χ0) is 13.7. The van der Waals surface area contributed by atoms with Gasteiger partial charge in [0.15, 0.2) is 0 Å². The molecule has 1 aliphatic carbocycles. The van der Waals surface area contributed by atoms with Gasteiger partial charge in [-0.05, 0) is 44.9 Å². The van der Waals surface area contributed by atoms with Crippen molar-refractivity contribution in [2.75, 3.05) is 18.9 Å². The van der Waals surface area contributed by atoms with E-state index in [0.29, 0.717) is 6.04 Å². The van der Waals surface area contributed by atoms with E-state index in [9.17, 15) is 0 Å². The van der Waals surface area contributed by atoms with Gasteiger partial charge in [0, 0.05) is 24.3 Å². The number of anilines is 1. The molecular formula is C17H28N2. The maximum absolute atomic E-state index is 3.54. The second kappa shape index (κ2) is 6.95. The lowest BCUT2D eigenvalue weighted by atomic mass is 9.84. The first-order chi connectivity index (χ1) is 9.18. The van der Waals surface area contributed by atoms with Crippen LogP contribution in [0.1, 0.15) is 39.5 Å². The predicted molar refractivity (Wildman–Crippen MR) is 83.6 cm³/mol. The third kappa shape index (κ3) is 3.97. The summed E-state index contributed by atoms with van der Waals surface area (Å²) in [7, 11) is 2.30. The highest BCUT2D eigenvalue weighted by molar-refractivity contribution is 5.42. The number of rotatable bonds is 5. The Labute approximate surface area is 118 Å². The molecule has 0 aliphatic heterocycles. The fraction of sp³-hybridized carbons (Fsp3) is 0.647.